The van der Waals surface area contributed by atoms with Crippen molar-refractivity contribution >= 4 is 15.7 Å². The topological polar surface area (TPSA) is 75.9 Å². The third kappa shape index (κ3) is 3.29. The Labute approximate surface area is 125 Å². The molecule has 21 heavy (non-hydrogen) atoms. The molecule has 114 valence electrons. The standard InChI is InChI=1S/C14H19N3O3S/c1-3-6-16-7-9-17(10-8-16)21(18,19)14-11-12(15)4-5-13(14)20-2/h1,4-5,11H,6-10,15H2,2H3. The van der Waals surface area contributed by atoms with Crippen LogP contribution in [0.1, 0.15) is 0 Å². The summed E-state index contributed by atoms with van der Waals surface area (Å²) in [6.07, 6.45) is 5.27. The lowest BCUT2D eigenvalue weighted by Crippen LogP contribution is -2.48. The minimum atomic E-state index is -3.62. The van der Waals surface area contributed by atoms with Crippen molar-refractivity contribution in [1.29, 1.82) is 0 Å². The van der Waals surface area contributed by atoms with Gasteiger partial charge in [0.25, 0.3) is 0 Å². The van der Waals surface area contributed by atoms with Crippen LogP contribution in [0, 0.1) is 12.3 Å². The molecule has 0 spiro atoms. The van der Waals surface area contributed by atoms with Gasteiger partial charge in [-0.3, -0.25) is 4.90 Å². The van der Waals surface area contributed by atoms with Crippen molar-refractivity contribution in [1.82, 2.24) is 9.21 Å². The Bertz CT molecular complexity index is 644. The Morgan fingerprint density at radius 3 is 2.57 bits per heavy atom. The fraction of sp³-hybridized carbons (Fsp3) is 0.429. The fourth-order valence-electron chi connectivity index (χ4n) is 2.29. The molecule has 0 aliphatic carbocycles. The van der Waals surface area contributed by atoms with Crippen LogP contribution in [-0.4, -0.2) is 57.5 Å². The molecule has 6 nitrogen and oxygen atoms in total. The van der Waals surface area contributed by atoms with E-state index in [9.17, 15) is 8.42 Å². The number of nitrogens with zero attached hydrogens (tertiary/aromatic N) is 2. The average molecular weight is 309 g/mol. The highest BCUT2D eigenvalue weighted by Crippen LogP contribution is 2.29. The number of hydrogen-bond donors (Lipinski definition) is 1. The van der Waals surface area contributed by atoms with Gasteiger partial charge in [0.15, 0.2) is 0 Å². The van der Waals surface area contributed by atoms with Crippen LogP contribution in [0.4, 0.5) is 5.69 Å². The summed E-state index contributed by atoms with van der Waals surface area (Å²) < 4.78 is 32.0. The third-order valence-corrected chi connectivity index (χ3v) is 5.37. The maximum atomic E-state index is 12.7. The first-order valence-corrected chi connectivity index (χ1v) is 8.02. The molecule has 0 atom stereocenters. The number of hydrogen-bond acceptors (Lipinski definition) is 5. The predicted molar refractivity (Wildman–Crippen MR) is 81.4 cm³/mol. The van der Waals surface area contributed by atoms with Crippen LogP contribution >= 0.6 is 0 Å². The molecular weight excluding hydrogens is 290 g/mol. The van der Waals surface area contributed by atoms with Crippen LogP contribution in [0.2, 0.25) is 0 Å². The van der Waals surface area contributed by atoms with E-state index in [-0.39, 0.29) is 4.90 Å². The van der Waals surface area contributed by atoms with E-state index >= 15 is 0 Å². The largest absolute Gasteiger partial charge is 0.495 e. The zero-order chi connectivity index (χ0) is 15.5. The summed E-state index contributed by atoms with van der Waals surface area (Å²) in [4.78, 5) is 2.15. The molecule has 0 unspecified atom stereocenters. The monoisotopic (exact) mass is 309 g/mol. The van der Waals surface area contributed by atoms with Crippen LogP contribution in [0.3, 0.4) is 0 Å². The molecule has 1 aliphatic rings. The van der Waals surface area contributed by atoms with Gasteiger partial charge in [-0.25, -0.2) is 8.42 Å². The van der Waals surface area contributed by atoms with Gasteiger partial charge in [0, 0.05) is 31.9 Å². The van der Waals surface area contributed by atoms with E-state index in [1.165, 1.54) is 17.5 Å². The maximum Gasteiger partial charge on any atom is 0.246 e. The lowest BCUT2D eigenvalue weighted by atomic mass is 10.3. The second-order valence-corrected chi connectivity index (χ2v) is 6.70. The fourth-order valence-corrected chi connectivity index (χ4v) is 3.90. The number of terminal acetylenes is 1. The minimum Gasteiger partial charge on any atom is -0.495 e. The van der Waals surface area contributed by atoms with Gasteiger partial charge in [-0.1, -0.05) is 5.92 Å². The summed E-state index contributed by atoms with van der Waals surface area (Å²) in [6, 6.07) is 4.61. The molecule has 0 radical (unpaired) electrons. The van der Waals surface area contributed by atoms with Crippen molar-refractivity contribution in [3.8, 4) is 18.1 Å². The van der Waals surface area contributed by atoms with E-state index < -0.39 is 10.0 Å². The van der Waals surface area contributed by atoms with Crippen molar-refractivity contribution in [2.75, 3.05) is 45.6 Å². The zero-order valence-electron chi connectivity index (χ0n) is 11.9. The van der Waals surface area contributed by atoms with Gasteiger partial charge < -0.3 is 10.5 Å². The summed E-state index contributed by atoms with van der Waals surface area (Å²) >= 11 is 0. The first-order chi connectivity index (χ1) is 9.98. The van der Waals surface area contributed by atoms with Gasteiger partial charge in [-0.2, -0.15) is 4.31 Å². The van der Waals surface area contributed by atoms with Gasteiger partial charge in [0.1, 0.15) is 10.6 Å². The van der Waals surface area contributed by atoms with Gasteiger partial charge >= 0.3 is 0 Å². The van der Waals surface area contributed by atoms with Crippen LogP contribution < -0.4 is 10.5 Å². The second kappa shape index (κ2) is 6.35. The molecule has 2 rings (SSSR count). The number of sulfonamides is 1. The van der Waals surface area contributed by atoms with Crippen LogP contribution in [-0.2, 0) is 10.0 Å². The molecule has 1 aliphatic heterocycles. The molecule has 1 aromatic rings. The summed E-state index contributed by atoms with van der Waals surface area (Å²) in [5, 5.41) is 0. The molecule has 0 aromatic heterocycles. The van der Waals surface area contributed by atoms with Crippen LogP contribution in [0.5, 0.6) is 5.75 Å². The highest BCUT2D eigenvalue weighted by atomic mass is 32.2. The molecule has 1 saturated heterocycles. The van der Waals surface area contributed by atoms with Gasteiger partial charge in [-0.15, -0.1) is 6.42 Å². The molecule has 0 amide bonds. The normalized spacial score (nSPS) is 17.3. The summed E-state index contributed by atoms with van der Waals surface area (Å²) in [5.41, 5.74) is 6.09. The average Bonchev–Trinajstić information content (AvgIpc) is 2.48. The summed E-state index contributed by atoms with van der Waals surface area (Å²) in [6.45, 7) is 2.58. The number of nitrogen functional groups attached to an aromatic ring is 1. The van der Waals surface area contributed by atoms with Crippen molar-refractivity contribution < 1.29 is 13.2 Å². The van der Waals surface area contributed by atoms with Crippen molar-refractivity contribution in [3.63, 3.8) is 0 Å². The Balaban J connectivity index is 2.24. The van der Waals surface area contributed by atoms with Gasteiger partial charge in [-0.05, 0) is 18.2 Å². The Morgan fingerprint density at radius 1 is 1.33 bits per heavy atom. The van der Waals surface area contributed by atoms with E-state index in [0.717, 1.165) is 0 Å². The van der Waals surface area contributed by atoms with Crippen LogP contribution in [0.15, 0.2) is 23.1 Å². The smallest absolute Gasteiger partial charge is 0.246 e. The quantitative estimate of drug-likeness (QED) is 0.636. The van der Waals surface area contributed by atoms with E-state index in [1.54, 1.807) is 12.1 Å². The highest BCUT2D eigenvalue weighted by molar-refractivity contribution is 7.89. The van der Waals surface area contributed by atoms with E-state index in [1.807, 2.05) is 4.90 Å². The summed E-state index contributed by atoms with van der Waals surface area (Å²) in [5.74, 6) is 2.87. The third-order valence-electron chi connectivity index (χ3n) is 3.45. The number of anilines is 1. The highest BCUT2D eigenvalue weighted by Gasteiger charge is 2.30. The molecule has 2 N–H and O–H groups in total. The predicted octanol–water partition coefficient (Wildman–Crippen LogP) is 0.217. The molecule has 7 heteroatoms. The van der Waals surface area contributed by atoms with E-state index in [2.05, 4.69) is 5.92 Å². The Hall–Kier alpha value is -1.75. The van der Waals surface area contributed by atoms with Crippen molar-refractivity contribution in [3.05, 3.63) is 18.2 Å². The number of nitrogens with two attached hydrogens (primary N) is 1. The summed E-state index contributed by atoms with van der Waals surface area (Å²) in [7, 11) is -2.18. The maximum absolute atomic E-state index is 12.7. The van der Waals surface area contributed by atoms with E-state index in [4.69, 9.17) is 16.9 Å². The first-order valence-electron chi connectivity index (χ1n) is 6.58. The van der Waals surface area contributed by atoms with Gasteiger partial charge in [0.2, 0.25) is 10.0 Å². The molecule has 1 heterocycles. The molecule has 0 saturated carbocycles. The van der Waals surface area contributed by atoms with Crippen molar-refractivity contribution in [2.24, 2.45) is 0 Å². The first kappa shape index (κ1) is 15.6. The van der Waals surface area contributed by atoms with Crippen molar-refractivity contribution in [2.45, 2.75) is 4.90 Å². The van der Waals surface area contributed by atoms with E-state index in [0.29, 0.717) is 44.2 Å². The molecule has 1 fully saturated rings. The van der Waals surface area contributed by atoms with Gasteiger partial charge in [0.05, 0.1) is 13.7 Å². The zero-order valence-corrected chi connectivity index (χ0v) is 12.8. The van der Waals surface area contributed by atoms with Crippen LogP contribution in [0.25, 0.3) is 0 Å². The number of piperazine rings is 1. The minimum absolute atomic E-state index is 0.107. The SMILES string of the molecule is C#CCN1CCN(S(=O)(=O)c2cc(N)ccc2OC)CC1. The number of benzene rings is 1. The lowest BCUT2D eigenvalue weighted by molar-refractivity contribution is 0.206. The lowest BCUT2D eigenvalue weighted by Gasteiger charge is -2.33. The Morgan fingerprint density at radius 2 is 2.00 bits per heavy atom. The molecule has 0 bridgehead atoms. The molecule has 1 aromatic carbocycles. The number of rotatable bonds is 4. The second-order valence-electron chi connectivity index (χ2n) is 4.79. The Kier molecular flexibility index (Phi) is 4.73. The molecular formula is C14H19N3O3S. The number of ether oxygens (including phenoxy) is 1. The number of methoxy groups -OCH3 is 1.